The van der Waals surface area contributed by atoms with Crippen LogP contribution in [0, 0.1) is 0 Å². The number of ether oxygens (including phenoxy) is 1. The number of benzene rings is 1. The van der Waals surface area contributed by atoms with Crippen LogP contribution in [0.15, 0.2) is 18.2 Å². The maximum absolute atomic E-state index is 11.8. The van der Waals surface area contributed by atoms with Crippen LogP contribution in [-0.2, 0) is 4.79 Å². The van der Waals surface area contributed by atoms with Gasteiger partial charge in [-0.15, -0.1) is 0 Å². The SMILES string of the molecule is CCNC(=O)CNC(=O)c1ccc(OC)cc1N. The molecule has 6 heteroatoms. The van der Waals surface area contributed by atoms with Crippen molar-refractivity contribution >= 4 is 17.5 Å². The molecule has 0 atom stereocenters. The van der Waals surface area contributed by atoms with Crippen LogP contribution in [0.1, 0.15) is 17.3 Å². The van der Waals surface area contributed by atoms with Gasteiger partial charge in [-0.2, -0.15) is 0 Å². The maximum atomic E-state index is 11.8. The molecule has 2 amide bonds. The van der Waals surface area contributed by atoms with Crippen LogP contribution < -0.4 is 21.1 Å². The molecule has 0 saturated carbocycles. The lowest BCUT2D eigenvalue weighted by Gasteiger charge is -2.08. The molecule has 1 rings (SSSR count). The second-order valence-electron chi connectivity index (χ2n) is 3.59. The summed E-state index contributed by atoms with van der Waals surface area (Å²) in [6, 6.07) is 4.75. The summed E-state index contributed by atoms with van der Waals surface area (Å²) in [6.45, 7) is 2.26. The summed E-state index contributed by atoms with van der Waals surface area (Å²) in [5, 5.41) is 5.07. The standard InChI is InChI=1S/C12H17N3O3/c1-3-14-11(16)7-15-12(17)9-5-4-8(18-2)6-10(9)13/h4-6H,3,7,13H2,1-2H3,(H,14,16)(H,15,17). The molecule has 4 N–H and O–H groups in total. The highest BCUT2D eigenvalue weighted by atomic mass is 16.5. The summed E-state index contributed by atoms with van der Waals surface area (Å²) in [4.78, 5) is 22.9. The molecule has 1 aromatic carbocycles. The van der Waals surface area contributed by atoms with Crippen LogP contribution in [0.25, 0.3) is 0 Å². The molecule has 18 heavy (non-hydrogen) atoms. The number of hydrogen-bond acceptors (Lipinski definition) is 4. The third-order valence-electron chi connectivity index (χ3n) is 2.29. The van der Waals surface area contributed by atoms with Gasteiger partial charge in [0, 0.05) is 18.3 Å². The summed E-state index contributed by atoms with van der Waals surface area (Å²) in [5.74, 6) is -0.0490. The van der Waals surface area contributed by atoms with Gasteiger partial charge in [0.2, 0.25) is 5.91 Å². The molecule has 0 heterocycles. The number of amides is 2. The van der Waals surface area contributed by atoms with E-state index < -0.39 is 0 Å². The van der Waals surface area contributed by atoms with Crippen LogP contribution in [0.4, 0.5) is 5.69 Å². The molecule has 0 fully saturated rings. The van der Waals surface area contributed by atoms with E-state index in [1.165, 1.54) is 7.11 Å². The number of rotatable bonds is 5. The fourth-order valence-electron chi connectivity index (χ4n) is 1.39. The minimum absolute atomic E-state index is 0.0713. The predicted molar refractivity (Wildman–Crippen MR) is 68.4 cm³/mol. The van der Waals surface area contributed by atoms with E-state index in [1.807, 2.05) is 0 Å². The van der Waals surface area contributed by atoms with Crippen molar-refractivity contribution in [2.45, 2.75) is 6.92 Å². The molecule has 0 aliphatic rings. The molecule has 98 valence electrons. The molecular weight excluding hydrogens is 234 g/mol. The van der Waals surface area contributed by atoms with Gasteiger partial charge < -0.3 is 21.1 Å². The lowest BCUT2D eigenvalue weighted by molar-refractivity contribution is -0.120. The third kappa shape index (κ3) is 3.65. The number of nitrogens with two attached hydrogens (primary N) is 1. The Labute approximate surface area is 105 Å². The van der Waals surface area contributed by atoms with Gasteiger partial charge in [-0.25, -0.2) is 0 Å². The van der Waals surface area contributed by atoms with Gasteiger partial charge in [0.25, 0.3) is 5.91 Å². The lowest BCUT2D eigenvalue weighted by Crippen LogP contribution is -2.36. The molecule has 0 saturated heterocycles. The minimum atomic E-state index is -0.388. The Morgan fingerprint density at radius 2 is 2.06 bits per heavy atom. The molecule has 0 bridgehead atoms. The first-order valence-corrected chi connectivity index (χ1v) is 5.57. The summed E-state index contributed by atoms with van der Waals surface area (Å²) in [5.41, 5.74) is 6.35. The van der Waals surface area contributed by atoms with E-state index in [9.17, 15) is 9.59 Å². The average Bonchev–Trinajstić information content (AvgIpc) is 2.36. The molecule has 0 aromatic heterocycles. The van der Waals surface area contributed by atoms with E-state index in [4.69, 9.17) is 10.5 Å². The average molecular weight is 251 g/mol. The highest BCUT2D eigenvalue weighted by molar-refractivity contribution is 6.00. The van der Waals surface area contributed by atoms with Gasteiger partial charge in [-0.05, 0) is 19.1 Å². The topological polar surface area (TPSA) is 93.5 Å². The molecule has 0 aliphatic heterocycles. The summed E-state index contributed by atoms with van der Waals surface area (Å²) >= 11 is 0. The van der Waals surface area contributed by atoms with Crippen molar-refractivity contribution in [2.75, 3.05) is 25.9 Å². The molecule has 6 nitrogen and oxygen atoms in total. The Hall–Kier alpha value is -2.24. The highest BCUT2D eigenvalue weighted by Crippen LogP contribution is 2.19. The van der Waals surface area contributed by atoms with Crippen LogP contribution in [0.5, 0.6) is 5.75 Å². The van der Waals surface area contributed by atoms with E-state index in [0.717, 1.165) is 0 Å². The summed E-state index contributed by atoms with van der Waals surface area (Å²) in [7, 11) is 1.52. The van der Waals surface area contributed by atoms with Gasteiger partial charge in [0.1, 0.15) is 5.75 Å². The molecule has 0 radical (unpaired) electrons. The molecule has 0 unspecified atom stereocenters. The van der Waals surface area contributed by atoms with Crippen molar-refractivity contribution in [2.24, 2.45) is 0 Å². The van der Waals surface area contributed by atoms with E-state index in [1.54, 1.807) is 25.1 Å². The first kappa shape index (κ1) is 13.8. The number of hydrogen-bond donors (Lipinski definition) is 3. The zero-order valence-corrected chi connectivity index (χ0v) is 10.4. The van der Waals surface area contributed by atoms with E-state index >= 15 is 0 Å². The van der Waals surface area contributed by atoms with Crippen LogP contribution >= 0.6 is 0 Å². The van der Waals surface area contributed by atoms with E-state index in [0.29, 0.717) is 23.5 Å². The second kappa shape index (κ2) is 6.48. The Balaban J connectivity index is 2.64. The molecule has 0 aliphatic carbocycles. The minimum Gasteiger partial charge on any atom is -0.497 e. The monoisotopic (exact) mass is 251 g/mol. The van der Waals surface area contributed by atoms with Crippen molar-refractivity contribution in [3.63, 3.8) is 0 Å². The zero-order valence-electron chi connectivity index (χ0n) is 10.4. The predicted octanol–water partition coefficient (Wildman–Crippen LogP) is 0.143. The quantitative estimate of drug-likeness (QED) is 0.649. The Kier molecular flexibility index (Phi) is 4.98. The van der Waals surface area contributed by atoms with Crippen molar-refractivity contribution < 1.29 is 14.3 Å². The smallest absolute Gasteiger partial charge is 0.253 e. The lowest BCUT2D eigenvalue weighted by atomic mass is 10.1. The van der Waals surface area contributed by atoms with Crippen molar-refractivity contribution in [1.82, 2.24) is 10.6 Å². The van der Waals surface area contributed by atoms with Crippen molar-refractivity contribution in [3.05, 3.63) is 23.8 Å². The van der Waals surface area contributed by atoms with Crippen molar-refractivity contribution in [1.29, 1.82) is 0 Å². The van der Waals surface area contributed by atoms with Gasteiger partial charge >= 0.3 is 0 Å². The number of anilines is 1. The number of nitrogens with one attached hydrogen (secondary N) is 2. The Morgan fingerprint density at radius 3 is 2.61 bits per heavy atom. The second-order valence-corrected chi connectivity index (χ2v) is 3.59. The van der Waals surface area contributed by atoms with Gasteiger partial charge in [0.15, 0.2) is 0 Å². The number of carbonyl (C=O) groups excluding carboxylic acids is 2. The van der Waals surface area contributed by atoms with Crippen LogP contribution in [0.2, 0.25) is 0 Å². The number of methoxy groups -OCH3 is 1. The first-order valence-electron chi connectivity index (χ1n) is 5.57. The Morgan fingerprint density at radius 1 is 1.33 bits per heavy atom. The molecule has 0 spiro atoms. The summed E-state index contributed by atoms with van der Waals surface area (Å²) in [6.07, 6.45) is 0. The normalized spacial score (nSPS) is 9.67. The highest BCUT2D eigenvalue weighted by Gasteiger charge is 2.11. The fourth-order valence-corrected chi connectivity index (χ4v) is 1.39. The number of nitrogen functional groups attached to an aromatic ring is 1. The number of likely N-dealkylation sites (N-methyl/N-ethyl adjacent to an activating group) is 1. The maximum Gasteiger partial charge on any atom is 0.253 e. The van der Waals surface area contributed by atoms with Crippen LogP contribution in [0.3, 0.4) is 0 Å². The Bertz CT molecular complexity index is 446. The largest absolute Gasteiger partial charge is 0.497 e. The van der Waals surface area contributed by atoms with E-state index in [-0.39, 0.29) is 18.4 Å². The van der Waals surface area contributed by atoms with Crippen molar-refractivity contribution in [3.8, 4) is 5.75 Å². The van der Waals surface area contributed by atoms with Gasteiger partial charge in [-0.1, -0.05) is 0 Å². The van der Waals surface area contributed by atoms with Gasteiger partial charge in [0.05, 0.1) is 19.2 Å². The molecule has 1 aromatic rings. The first-order chi connectivity index (χ1) is 8.58. The fraction of sp³-hybridized carbons (Fsp3) is 0.333. The van der Waals surface area contributed by atoms with E-state index in [2.05, 4.69) is 10.6 Å². The number of carbonyl (C=O) groups is 2. The van der Waals surface area contributed by atoms with Gasteiger partial charge in [-0.3, -0.25) is 9.59 Å². The molecular formula is C12H17N3O3. The zero-order chi connectivity index (χ0) is 13.5. The van der Waals surface area contributed by atoms with Crippen LogP contribution in [-0.4, -0.2) is 32.0 Å². The third-order valence-corrected chi connectivity index (χ3v) is 2.29. The summed E-state index contributed by atoms with van der Waals surface area (Å²) < 4.78 is 4.98.